The number of likely N-dealkylation sites (tertiary alicyclic amines) is 1. The molecule has 3 heterocycles. The van der Waals surface area contributed by atoms with Crippen molar-refractivity contribution in [1.29, 1.82) is 0 Å². The summed E-state index contributed by atoms with van der Waals surface area (Å²) in [6.45, 7) is 5.92. The van der Waals surface area contributed by atoms with Gasteiger partial charge in [0.2, 0.25) is 0 Å². The van der Waals surface area contributed by atoms with Crippen molar-refractivity contribution in [3.05, 3.63) is 60.2 Å². The van der Waals surface area contributed by atoms with E-state index in [2.05, 4.69) is 16.4 Å². The third-order valence-corrected chi connectivity index (χ3v) is 7.95. The number of nitrogens with zero attached hydrogens (tertiary/aromatic N) is 2. The van der Waals surface area contributed by atoms with Gasteiger partial charge in [-0.1, -0.05) is 24.3 Å². The Bertz CT molecular complexity index is 1120. The first-order chi connectivity index (χ1) is 16.9. The van der Waals surface area contributed by atoms with E-state index in [1.807, 2.05) is 43.0 Å². The highest BCUT2D eigenvalue weighted by Gasteiger charge is 2.54. The number of esters is 1. The highest BCUT2D eigenvalue weighted by molar-refractivity contribution is 5.76. The molecule has 2 aromatic rings. The number of rotatable bonds is 4. The lowest BCUT2D eigenvalue weighted by Crippen LogP contribution is -2.53. The number of pyridine rings is 1. The summed E-state index contributed by atoms with van der Waals surface area (Å²) in [5.41, 5.74) is 2.47. The van der Waals surface area contributed by atoms with Crippen LogP contribution in [0.2, 0.25) is 0 Å². The molecule has 6 nitrogen and oxygen atoms in total. The Morgan fingerprint density at radius 2 is 2.14 bits per heavy atom. The minimum absolute atomic E-state index is 0.0230. The van der Waals surface area contributed by atoms with Gasteiger partial charge in [-0.05, 0) is 74.3 Å². The minimum atomic E-state index is -0.270. The first-order valence-corrected chi connectivity index (χ1v) is 12.6. The number of nitrogens with one attached hydrogen (secondary N) is 1. The summed E-state index contributed by atoms with van der Waals surface area (Å²) in [5, 5.41) is 2.90. The van der Waals surface area contributed by atoms with Gasteiger partial charge in [0.15, 0.2) is 0 Å². The quantitative estimate of drug-likeness (QED) is 0.644. The van der Waals surface area contributed by atoms with Gasteiger partial charge in [-0.3, -0.25) is 9.78 Å². The number of allylic oxidation sites excluding steroid dienone is 1. The normalized spacial score (nSPS) is 30.0. The maximum atomic E-state index is 13.6. The third kappa shape index (κ3) is 4.68. The molecule has 7 heteroatoms. The first-order valence-electron chi connectivity index (χ1n) is 12.6. The summed E-state index contributed by atoms with van der Waals surface area (Å²) in [7, 11) is 0. The first kappa shape index (κ1) is 23.5. The van der Waals surface area contributed by atoms with E-state index in [1.54, 1.807) is 12.3 Å². The molecule has 5 unspecified atom stereocenters. The lowest BCUT2D eigenvalue weighted by molar-refractivity contribution is -0.144. The van der Waals surface area contributed by atoms with Crippen molar-refractivity contribution in [1.82, 2.24) is 15.2 Å². The van der Waals surface area contributed by atoms with Crippen LogP contribution in [0.5, 0.6) is 0 Å². The number of amides is 2. The van der Waals surface area contributed by atoms with Crippen LogP contribution in [-0.2, 0) is 9.53 Å². The standard InChI is InChI=1S/C28H32FN3O3/c1-3-30-28(34)32-12-11-23-20(16-32)14-25-26(17(2)35-27(25)33)24(23)10-9-22-8-7-19(15-31-22)18-5-4-6-21(29)13-18/h4-10,13,15,17,20,23-26H,3,11-12,14,16H2,1-2H3,(H,30,34)/b10-9+/t17-,20?,23?,24?,25?,26?/m1/s1. The van der Waals surface area contributed by atoms with E-state index in [0.717, 1.165) is 36.2 Å². The average molecular weight is 478 g/mol. The number of piperidine rings is 1. The maximum Gasteiger partial charge on any atom is 0.317 e. The Morgan fingerprint density at radius 1 is 1.29 bits per heavy atom. The van der Waals surface area contributed by atoms with E-state index < -0.39 is 0 Å². The molecule has 1 aromatic carbocycles. The van der Waals surface area contributed by atoms with Crippen molar-refractivity contribution in [2.75, 3.05) is 19.6 Å². The van der Waals surface area contributed by atoms with E-state index in [4.69, 9.17) is 4.74 Å². The van der Waals surface area contributed by atoms with Gasteiger partial charge < -0.3 is 15.0 Å². The van der Waals surface area contributed by atoms with Crippen molar-refractivity contribution >= 4 is 18.1 Å². The van der Waals surface area contributed by atoms with Crippen molar-refractivity contribution in [3.63, 3.8) is 0 Å². The van der Waals surface area contributed by atoms with E-state index in [0.29, 0.717) is 19.0 Å². The predicted molar refractivity (Wildman–Crippen MR) is 132 cm³/mol. The Hall–Kier alpha value is -3.22. The molecule has 6 atom stereocenters. The number of fused-ring (bicyclic) bond motifs is 2. The van der Waals surface area contributed by atoms with Crippen LogP contribution >= 0.6 is 0 Å². The molecular formula is C28H32FN3O3. The monoisotopic (exact) mass is 477 g/mol. The Labute approximate surface area is 205 Å². The highest BCUT2D eigenvalue weighted by Crippen LogP contribution is 2.51. The molecule has 0 radical (unpaired) electrons. The molecule has 2 amide bonds. The summed E-state index contributed by atoms with van der Waals surface area (Å²) >= 11 is 0. The molecule has 2 aliphatic heterocycles. The second-order valence-corrected chi connectivity index (χ2v) is 9.97. The molecule has 2 saturated heterocycles. The number of benzene rings is 1. The summed E-state index contributed by atoms with van der Waals surface area (Å²) in [4.78, 5) is 31.6. The third-order valence-electron chi connectivity index (χ3n) is 7.95. The molecule has 0 bridgehead atoms. The molecule has 1 N–H and O–H groups in total. The molecule has 3 fully saturated rings. The SMILES string of the molecule is CCNC(=O)N1CCC2C(CC3C(=O)O[C@H](C)C3C2/C=C/c2ccc(-c3cccc(F)c3)cn2)C1. The summed E-state index contributed by atoms with van der Waals surface area (Å²) < 4.78 is 19.2. The maximum absolute atomic E-state index is 13.6. The van der Waals surface area contributed by atoms with Crippen LogP contribution in [-0.4, -0.2) is 47.6 Å². The number of urea groups is 1. The molecule has 1 aliphatic carbocycles. The van der Waals surface area contributed by atoms with Crippen LogP contribution in [0.1, 0.15) is 32.4 Å². The highest BCUT2D eigenvalue weighted by atomic mass is 19.1. The van der Waals surface area contributed by atoms with Crippen molar-refractivity contribution in [2.45, 2.75) is 32.8 Å². The minimum Gasteiger partial charge on any atom is -0.462 e. The number of carbonyl (C=O) groups excluding carboxylic acids is 2. The van der Waals surface area contributed by atoms with Crippen molar-refractivity contribution in [2.24, 2.45) is 29.6 Å². The zero-order valence-electron chi connectivity index (χ0n) is 20.2. The molecule has 184 valence electrons. The van der Waals surface area contributed by atoms with E-state index in [1.165, 1.54) is 12.1 Å². The summed E-state index contributed by atoms with van der Waals surface area (Å²) in [6, 6.07) is 10.3. The average Bonchev–Trinajstić information content (AvgIpc) is 3.14. The van der Waals surface area contributed by atoms with Gasteiger partial charge in [0, 0.05) is 37.3 Å². The second-order valence-electron chi connectivity index (χ2n) is 9.97. The van der Waals surface area contributed by atoms with Crippen LogP contribution in [0.3, 0.4) is 0 Å². The van der Waals surface area contributed by atoms with Crippen LogP contribution in [0.15, 0.2) is 48.7 Å². The van der Waals surface area contributed by atoms with Crippen molar-refractivity contribution < 1.29 is 18.7 Å². The largest absolute Gasteiger partial charge is 0.462 e. The smallest absolute Gasteiger partial charge is 0.317 e. The molecule has 0 spiro atoms. The number of carbonyl (C=O) groups is 2. The Kier molecular flexibility index (Phi) is 6.58. The van der Waals surface area contributed by atoms with E-state index >= 15 is 0 Å². The fraction of sp³-hybridized carbons (Fsp3) is 0.464. The van der Waals surface area contributed by atoms with Gasteiger partial charge in [0.1, 0.15) is 11.9 Å². The van der Waals surface area contributed by atoms with Gasteiger partial charge >= 0.3 is 12.0 Å². The number of aromatic nitrogens is 1. The lowest BCUT2D eigenvalue weighted by atomic mass is 9.59. The van der Waals surface area contributed by atoms with E-state index in [9.17, 15) is 14.0 Å². The molecule has 1 aromatic heterocycles. The van der Waals surface area contributed by atoms with Crippen LogP contribution < -0.4 is 5.32 Å². The van der Waals surface area contributed by atoms with Crippen LogP contribution in [0.25, 0.3) is 17.2 Å². The molecular weight excluding hydrogens is 445 g/mol. The molecule has 35 heavy (non-hydrogen) atoms. The van der Waals surface area contributed by atoms with Gasteiger partial charge in [-0.15, -0.1) is 0 Å². The van der Waals surface area contributed by atoms with Crippen molar-refractivity contribution in [3.8, 4) is 11.1 Å². The number of ether oxygens (including phenoxy) is 1. The van der Waals surface area contributed by atoms with Gasteiger partial charge in [0.25, 0.3) is 0 Å². The Balaban J connectivity index is 1.37. The fourth-order valence-electron chi connectivity index (χ4n) is 6.36. The zero-order valence-corrected chi connectivity index (χ0v) is 20.2. The molecule has 3 aliphatic rings. The lowest BCUT2D eigenvalue weighted by Gasteiger charge is -2.48. The van der Waals surface area contributed by atoms with Gasteiger partial charge in [-0.2, -0.15) is 0 Å². The zero-order chi connectivity index (χ0) is 24.5. The number of halogens is 1. The number of hydrogen-bond donors (Lipinski definition) is 1. The summed E-state index contributed by atoms with van der Waals surface area (Å²) in [5.74, 6) is 0.480. The molecule has 1 saturated carbocycles. The topological polar surface area (TPSA) is 71.5 Å². The fourth-order valence-corrected chi connectivity index (χ4v) is 6.36. The van der Waals surface area contributed by atoms with Gasteiger partial charge in [-0.25, -0.2) is 9.18 Å². The predicted octanol–water partition coefficient (Wildman–Crippen LogP) is 4.77. The van der Waals surface area contributed by atoms with Gasteiger partial charge in [0.05, 0.1) is 11.6 Å². The number of hydrogen-bond acceptors (Lipinski definition) is 4. The van der Waals surface area contributed by atoms with Crippen LogP contribution in [0, 0.1) is 35.4 Å². The second kappa shape index (κ2) is 9.80. The Morgan fingerprint density at radius 3 is 2.89 bits per heavy atom. The summed E-state index contributed by atoms with van der Waals surface area (Å²) in [6.07, 6.45) is 7.57. The number of cyclic esters (lactones) is 1. The van der Waals surface area contributed by atoms with Crippen LogP contribution in [0.4, 0.5) is 9.18 Å². The van der Waals surface area contributed by atoms with E-state index in [-0.39, 0.29) is 47.6 Å². The molecule has 5 rings (SSSR count).